The van der Waals surface area contributed by atoms with Crippen LogP contribution >= 0.6 is 11.8 Å². The number of rotatable bonds is 5. The van der Waals surface area contributed by atoms with E-state index in [2.05, 4.69) is 22.4 Å². The topological polar surface area (TPSA) is 54.9 Å². The van der Waals surface area contributed by atoms with Gasteiger partial charge in [-0.25, -0.2) is 9.97 Å². The van der Waals surface area contributed by atoms with Crippen molar-refractivity contribution in [2.24, 2.45) is 0 Å². The molecular weight excluding hydrogens is 354 g/mol. The Morgan fingerprint density at radius 3 is 2.67 bits per heavy atom. The number of nitrogens with one attached hydrogen (secondary N) is 1. The van der Waals surface area contributed by atoms with Gasteiger partial charge in [0.05, 0.1) is 27.7 Å². The predicted molar refractivity (Wildman–Crippen MR) is 112 cm³/mol. The van der Waals surface area contributed by atoms with Crippen LogP contribution in [-0.4, -0.2) is 21.1 Å². The Labute approximate surface area is 163 Å². The lowest BCUT2D eigenvalue weighted by Crippen LogP contribution is -2.22. The van der Waals surface area contributed by atoms with Gasteiger partial charge in [-0.2, -0.15) is 0 Å². The molecule has 1 amide bonds. The van der Waals surface area contributed by atoms with Crippen LogP contribution in [0.2, 0.25) is 0 Å². The van der Waals surface area contributed by atoms with E-state index in [9.17, 15) is 4.79 Å². The summed E-state index contributed by atoms with van der Waals surface area (Å²) in [7, 11) is 0. The first-order valence-corrected chi connectivity index (χ1v) is 10.4. The van der Waals surface area contributed by atoms with Crippen molar-refractivity contribution in [1.82, 2.24) is 9.97 Å². The number of amides is 1. The van der Waals surface area contributed by atoms with E-state index in [1.54, 1.807) is 11.8 Å². The zero-order valence-electron chi connectivity index (χ0n) is 15.7. The minimum Gasteiger partial charge on any atom is -0.325 e. The standard InChI is InChI=1S/C22H23N3OS/c1-14-21(25-20-9-4-3-8-19(20)23-14)13-27-15(2)22(26)24-18-11-10-16-6-5-7-17(16)12-18/h3-4,8-12,15H,5-7,13H2,1-2H3,(H,24,26). The van der Waals surface area contributed by atoms with E-state index < -0.39 is 0 Å². The van der Waals surface area contributed by atoms with Crippen molar-refractivity contribution < 1.29 is 4.79 Å². The van der Waals surface area contributed by atoms with Crippen molar-refractivity contribution in [3.05, 3.63) is 65.0 Å². The third kappa shape index (κ3) is 3.98. The molecule has 2 aromatic carbocycles. The summed E-state index contributed by atoms with van der Waals surface area (Å²) in [6.45, 7) is 3.92. The number of thioether (sulfide) groups is 1. The zero-order chi connectivity index (χ0) is 18.8. The van der Waals surface area contributed by atoms with E-state index in [-0.39, 0.29) is 11.2 Å². The summed E-state index contributed by atoms with van der Waals surface area (Å²) >= 11 is 1.59. The van der Waals surface area contributed by atoms with Gasteiger partial charge >= 0.3 is 0 Å². The van der Waals surface area contributed by atoms with Gasteiger partial charge in [0.1, 0.15) is 0 Å². The largest absolute Gasteiger partial charge is 0.325 e. The molecule has 1 atom stereocenters. The summed E-state index contributed by atoms with van der Waals surface area (Å²) in [5, 5.41) is 2.89. The summed E-state index contributed by atoms with van der Waals surface area (Å²) in [6, 6.07) is 14.2. The first kappa shape index (κ1) is 18.0. The van der Waals surface area contributed by atoms with Crippen molar-refractivity contribution in [2.75, 3.05) is 5.32 Å². The lowest BCUT2D eigenvalue weighted by atomic mass is 10.1. The number of hydrogen-bond donors (Lipinski definition) is 1. The maximum Gasteiger partial charge on any atom is 0.237 e. The van der Waals surface area contributed by atoms with Gasteiger partial charge in [0, 0.05) is 11.4 Å². The maximum absolute atomic E-state index is 12.6. The molecule has 1 unspecified atom stereocenters. The molecule has 1 N–H and O–H groups in total. The van der Waals surface area contributed by atoms with Crippen LogP contribution in [0.25, 0.3) is 11.0 Å². The monoisotopic (exact) mass is 377 g/mol. The lowest BCUT2D eigenvalue weighted by Gasteiger charge is -2.13. The van der Waals surface area contributed by atoms with E-state index in [1.807, 2.05) is 44.2 Å². The molecular formula is C22H23N3OS. The first-order valence-electron chi connectivity index (χ1n) is 9.36. The Hall–Kier alpha value is -2.40. The summed E-state index contributed by atoms with van der Waals surface area (Å²) in [5.74, 6) is 0.701. The second-order valence-electron chi connectivity index (χ2n) is 7.02. The van der Waals surface area contributed by atoms with Gasteiger partial charge in [0.25, 0.3) is 0 Å². The fourth-order valence-corrected chi connectivity index (χ4v) is 4.33. The molecule has 5 heteroatoms. The van der Waals surface area contributed by atoms with Gasteiger partial charge in [-0.05, 0) is 68.5 Å². The minimum absolute atomic E-state index is 0.0318. The number of aryl methyl sites for hydroxylation is 3. The molecule has 27 heavy (non-hydrogen) atoms. The Balaban J connectivity index is 1.39. The molecule has 0 radical (unpaired) electrons. The minimum atomic E-state index is -0.161. The predicted octanol–water partition coefficient (Wildman–Crippen LogP) is 4.69. The summed E-state index contributed by atoms with van der Waals surface area (Å²) in [6.07, 6.45) is 3.48. The molecule has 0 spiro atoms. The second-order valence-corrected chi connectivity index (χ2v) is 8.35. The molecule has 0 aliphatic heterocycles. The van der Waals surface area contributed by atoms with Crippen LogP contribution in [0.1, 0.15) is 35.9 Å². The van der Waals surface area contributed by atoms with Gasteiger partial charge in [0.15, 0.2) is 0 Å². The molecule has 0 saturated heterocycles. The lowest BCUT2D eigenvalue weighted by molar-refractivity contribution is -0.115. The number of benzene rings is 2. The highest BCUT2D eigenvalue weighted by molar-refractivity contribution is 7.99. The number of hydrogen-bond acceptors (Lipinski definition) is 4. The van der Waals surface area contributed by atoms with Crippen LogP contribution in [0.3, 0.4) is 0 Å². The molecule has 1 aromatic heterocycles. The Kier molecular flexibility index (Phi) is 5.12. The molecule has 1 aliphatic rings. The molecule has 0 bridgehead atoms. The zero-order valence-corrected chi connectivity index (χ0v) is 16.5. The van der Waals surface area contributed by atoms with Gasteiger partial charge in [0.2, 0.25) is 5.91 Å². The quantitative estimate of drug-likeness (QED) is 0.701. The normalized spacial score (nSPS) is 14.1. The summed E-state index contributed by atoms with van der Waals surface area (Å²) in [4.78, 5) is 21.9. The summed E-state index contributed by atoms with van der Waals surface area (Å²) in [5.41, 5.74) is 7.36. The SMILES string of the molecule is Cc1nc2ccccc2nc1CSC(C)C(=O)Nc1ccc2c(c1)CCC2. The number of carbonyl (C=O) groups excluding carboxylic acids is 1. The molecule has 4 nitrogen and oxygen atoms in total. The van der Waals surface area contributed by atoms with Crippen molar-refractivity contribution in [2.45, 2.75) is 44.1 Å². The van der Waals surface area contributed by atoms with E-state index in [0.29, 0.717) is 5.75 Å². The van der Waals surface area contributed by atoms with Crippen LogP contribution in [0.15, 0.2) is 42.5 Å². The van der Waals surface area contributed by atoms with Crippen molar-refractivity contribution in [3.8, 4) is 0 Å². The van der Waals surface area contributed by atoms with E-state index in [0.717, 1.165) is 41.0 Å². The third-order valence-electron chi connectivity index (χ3n) is 5.05. The van der Waals surface area contributed by atoms with Crippen LogP contribution in [-0.2, 0) is 23.4 Å². The van der Waals surface area contributed by atoms with Gasteiger partial charge in [-0.1, -0.05) is 18.2 Å². The maximum atomic E-state index is 12.6. The molecule has 138 valence electrons. The highest BCUT2D eigenvalue weighted by Crippen LogP contribution is 2.26. The van der Waals surface area contributed by atoms with Crippen molar-refractivity contribution in [1.29, 1.82) is 0 Å². The van der Waals surface area contributed by atoms with Crippen LogP contribution in [0.5, 0.6) is 0 Å². The molecule has 0 fully saturated rings. The molecule has 1 aliphatic carbocycles. The van der Waals surface area contributed by atoms with Crippen LogP contribution < -0.4 is 5.32 Å². The first-order chi connectivity index (χ1) is 13.1. The van der Waals surface area contributed by atoms with Crippen LogP contribution in [0, 0.1) is 6.92 Å². The number of nitrogens with zero attached hydrogens (tertiary/aromatic N) is 2. The fraction of sp³-hybridized carbons (Fsp3) is 0.318. The fourth-order valence-electron chi connectivity index (χ4n) is 3.43. The number of carbonyl (C=O) groups is 1. The van der Waals surface area contributed by atoms with Gasteiger partial charge in [-0.3, -0.25) is 4.79 Å². The number of anilines is 1. The number of fused-ring (bicyclic) bond motifs is 2. The molecule has 3 aromatic rings. The highest BCUT2D eigenvalue weighted by Gasteiger charge is 2.17. The number of aromatic nitrogens is 2. The van der Waals surface area contributed by atoms with E-state index >= 15 is 0 Å². The van der Waals surface area contributed by atoms with Crippen molar-refractivity contribution >= 4 is 34.4 Å². The van der Waals surface area contributed by atoms with E-state index in [4.69, 9.17) is 4.98 Å². The Morgan fingerprint density at radius 2 is 1.85 bits per heavy atom. The van der Waals surface area contributed by atoms with Crippen molar-refractivity contribution in [3.63, 3.8) is 0 Å². The third-order valence-corrected chi connectivity index (χ3v) is 6.20. The molecule has 1 heterocycles. The average molecular weight is 378 g/mol. The van der Waals surface area contributed by atoms with E-state index in [1.165, 1.54) is 17.5 Å². The van der Waals surface area contributed by atoms with Gasteiger partial charge in [-0.15, -0.1) is 11.8 Å². The smallest absolute Gasteiger partial charge is 0.237 e. The Bertz CT molecular complexity index is 1000. The highest BCUT2D eigenvalue weighted by atomic mass is 32.2. The van der Waals surface area contributed by atoms with Gasteiger partial charge < -0.3 is 5.32 Å². The Morgan fingerprint density at radius 1 is 1.11 bits per heavy atom. The molecule has 0 saturated carbocycles. The summed E-state index contributed by atoms with van der Waals surface area (Å²) < 4.78 is 0. The second kappa shape index (κ2) is 7.69. The average Bonchev–Trinajstić information content (AvgIpc) is 3.13. The number of para-hydroxylation sites is 2. The molecule has 4 rings (SSSR count). The van der Waals surface area contributed by atoms with Crippen LogP contribution in [0.4, 0.5) is 5.69 Å².